The van der Waals surface area contributed by atoms with Crippen LogP contribution >= 0.6 is 11.8 Å². The van der Waals surface area contributed by atoms with E-state index in [0.717, 1.165) is 6.54 Å². The number of rotatable bonds is 1. The van der Waals surface area contributed by atoms with Gasteiger partial charge in [-0.25, -0.2) is 4.39 Å². The van der Waals surface area contributed by atoms with E-state index in [4.69, 9.17) is 0 Å². The molecule has 0 aliphatic carbocycles. The molecule has 13 heavy (non-hydrogen) atoms. The third kappa shape index (κ3) is 2.01. The lowest BCUT2D eigenvalue weighted by Gasteiger charge is -2.32. The number of hydrogen-bond donors (Lipinski definition) is 1. The molecule has 2 aliphatic heterocycles. The van der Waals surface area contributed by atoms with Crippen molar-refractivity contribution in [1.82, 2.24) is 5.32 Å². The number of thioether (sulfide) groups is 1. The van der Waals surface area contributed by atoms with E-state index in [1.807, 2.05) is 11.8 Å². The van der Waals surface area contributed by atoms with Crippen LogP contribution in [0.3, 0.4) is 0 Å². The van der Waals surface area contributed by atoms with E-state index < -0.39 is 5.67 Å². The maximum atomic E-state index is 14.0. The summed E-state index contributed by atoms with van der Waals surface area (Å²) in [7, 11) is 0. The van der Waals surface area contributed by atoms with Crippen molar-refractivity contribution < 1.29 is 4.39 Å². The summed E-state index contributed by atoms with van der Waals surface area (Å²) in [4.78, 5) is 0. The van der Waals surface area contributed by atoms with Crippen molar-refractivity contribution in [2.24, 2.45) is 11.8 Å². The van der Waals surface area contributed by atoms with Crippen LogP contribution in [0.15, 0.2) is 0 Å². The van der Waals surface area contributed by atoms with Gasteiger partial charge in [-0.3, -0.25) is 0 Å². The molecule has 2 heterocycles. The van der Waals surface area contributed by atoms with E-state index in [1.54, 1.807) is 6.92 Å². The molecular weight excluding hydrogens is 185 g/mol. The van der Waals surface area contributed by atoms with Gasteiger partial charge in [0.15, 0.2) is 0 Å². The largest absolute Gasteiger partial charge is 0.313 e. The average Bonchev–Trinajstić information content (AvgIpc) is 2.47. The van der Waals surface area contributed by atoms with Gasteiger partial charge in [-0.1, -0.05) is 0 Å². The van der Waals surface area contributed by atoms with Gasteiger partial charge in [0.1, 0.15) is 5.67 Å². The molecule has 0 aromatic rings. The van der Waals surface area contributed by atoms with E-state index in [9.17, 15) is 4.39 Å². The molecule has 3 heteroatoms. The molecule has 2 rings (SSSR count). The van der Waals surface area contributed by atoms with Crippen molar-refractivity contribution in [3.63, 3.8) is 0 Å². The zero-order valence-electron chi connectivity index (χ0n) is 8.18. The van der Waals surface area contributed by atoms with Gasteiger partial charge in [-0.2, -0.15) is 11.8 Å². The normalized spacial score (nSPS) is 46.6. The monoisotopic (exact) mass is 203 g/mol. The van der Waals surface area contributed by atoms with Gasteiger partial charge in [0.25, 0.3) is 0 Å². The molecule has 0 saturated carbocycles. The quantitative estimate of drug-likeness (QED) is 0.700. The van der Waals surface area contributed by atoms with E-state index in [1.165, 1.54) is 24.3 Å². The van der Waals surface area contributed by atoms with Crippen molar-refractivity contribution in [3.8, 4) is 0 Å². The Morgan fingerprint density at radius 1 is 1.54 bits per heavy atom. The highest BCUT2D eigenvalue weighted by atomic mass is 32.2. The fraction of sp³-hybridized carbons (Fsp3) is 1.00. The number of alkyl halides is 1. The Morgan fingerprint density at radius 2 is 2.38 bits per heavy atom. The first-order chi connectivity index (χ1) is 6.20. The summed E-state index contributed by atoms with van der Waals surface area (Å²) >= 11 is 2.00. The highest BCUT2D eigenvalue weighted by Crippen LogP contribution is 2.38. The molecular formula is C10H18FNS. The molecule has 2 fully saturated rings. The second-order valence-corrected chi connectivity index (χ2v) is 5.64. The lowest BCUT2D eigenvalue weighted by atomic mass is 9.81. The zero-order valence-corrected chi connectivity index (χ0v) is 9.00. The Bertz CT molecular complexity index is 178. The Hall–Kier alpha value is 0.240. The fourth-order valence-electron chi connectivity index (χ4n) is 2.56. The minimum atomic E-state index is -0.956. The van der Waals surface area contributed by atoms with Crippen LogP contribution in [-0.4, -0.2) is 30.3 Å². The molecule has 3 atom stereocenters. The smallest absolute Gasteiger partial charge is 0.124 e. The van der Waals surface area contributed by atoms with Crippen molar-refractivity contribution >= 4 is 11.8 Å². The second kappa shape index (κ2) is 3.77. The molecule has 0 bridgehead atoms. The third-order valence-electron chi connectivity index (χ3n) is 3.37. The van der Waals surface area contributed by atoms with Gasteiger partial charge in [0, 0.05) is 19.0 Å². The van der Waals surface area contributed by atoms with Crippen LogP contribution in [0.25, 0.3) is 0 Å². The van der Waals surface area contributed by atoms with Crippen LogP contribution in [-0.2, 0) is 0 Å². The maximum absolute atomic E-state index is 14.0. The summed E-state index contributed by atoms with van der Waals surface area (Å²) < 4.78 is 14.0. The summed E-state index contributed by atoms with van der Waals surface area (Å²) in [6, 6.07) is 0. The van der Waals surface area contributed by atoms with Crippen molar-refractivity contribution in [1.29, 1.82) is 0 Å². The van der Waals surface area contributed by atoms with Crippen LogP contribution < -0.4 is 5.32 Å². The van der Waals surface area contributed by atoms with Crippen LogP contribution in [0.2, 0.25) is 0 Å². The fourth-order valence-corrected chi connectivity index (χ4v) is 3.80. The summed E-state index contributed by atoms with van der Waals surface area (Å²) in [6.45, 7) is 3.20. The van der Waals surface area contributed by atoms with Gasteiger partial charge in [-0.05, 0) is 37.2 Å². The molecule has 76 valence electrons. The molecule has 1 nitrogen and oxygen atoms in total. The van der Waals surface area contributed by atoms with Crippen molar-refractivity contribution in [2.75, 3.05) is 24.6 Å². The topological polar surface area (TPSA) is 12.0 Å². The maximum Gasteiger partial charge on any atom is 0.124 e. The summed E-state index contributed by atoms with van der Waals surface area (Å²) in [5.74, 6) is 3.33. The van der Waals surface area contributed by atoms with Crippen LogP contribution in [0.5, 0.6) is 0 Å². The minimum absolute atomic E-state index is 0.264. The second-order valence-electron chi connectivity index (χ2n) is 4.49. The molecule has 0 aromatic heterocycles. The van der Waals surface area contributed by atoms with Crippen molar-refractivity contribution in [3.05, 3.63) is 0 Å². The van der Waals surface area contributed by atoms with Gasteiger partial charge < -0.3 is 5.32 Å². The number of nitrogens with one attached hydrogen (secondary N) is 1. The number of halogens is 1. The van der Waals surface area contributed by atoms with E-state index in [0.29, 0.717) is 12.5 Å². The summed E-state index contributed by atoms with van der Waals surface area (Å²) in [6.07, 6.45) is 2.51. The SMILES string of the molecule is CC1(F)CNCC1C1CCCSC1. The summed E-state index contributed by atoms with van der Waals surface area (Å²) in [5.41, 5.74) is -0.956. The molecule has 0 radical (unpaired) electrons. The Kier molecular flexibility index (Phi) is 2.84. The first kappa shape index (κ1) is 9.78. The van der Waals surface area contributed by atoms with E-state index in [2.05, 4.69) is 5.32 Å². The first-order valence-corrected chi connectivity index (χ1v) is 6.33. The predicted octanol–water partition coefficient (Wildman–Crippen LogP) is 2.08. The lowest BCUT2D eigenvalue weighted by molar-refractivity contribution is 0.111. The molecule has 3 unspecified atom stereocenters. The van der Waals surface area contributed by atoms with Gasteiger partial charge in [0.05, 0.1) is 0 Å². The summed E-state index contributed by atoms with van der Waals surface area (Å²) in [5, 5.41) is 3.18. The number of hydrogen-bond acceptors (Lipinski definition) is 2. The third-order valence-corrected chi connectivity index (χ3v) is 4.61. The van der Waals surface area contributed by atoms with Gasteiger partial charge in [0.2, 0.25) is 0 Å². The molecule has 2 aliphatic rings. The molecule has 1 N–H and O–H groups in total. The van der Waals surface area contributed by atoms with Crippen LogP contribution in [0.1, 0.15) is 19.8 Å². The van der Waals surface area contributed by atoms with Gasteiger partial charge >= 0.3 is 0 Å². The standard InChI is InChI=1S/C10H18FNS/c1-10(11)7-12-5-9(10)8-3-2-4-13-6-8/h8-9,12H,2-7H2,1H3. The van der Waals surface area contributed by atoms with Crippen LogP contribution in [0, 0.1) is 11.8 Å². The Labute approximate surface area is 83.9 Å². The van der Waals surface area contributed by atoms with Crippen LogP contribution in [0.4, 0.5) is 4.39 Å². The molecule has 0 amide bonds. The molecule has 0 spiro atoms. The van der Waals surface area contributed by atoms with E-state index >= 15 is 0 Å². The molecule has 2 saturated heterocycles. The Balaban J connectivity index is 1.98. The highest BCUT2D eigenvalue weighted by Gasteiger charge is 2.43. The zero-order chi connectivity index (χ0) is 9.31. The van der Waals surface area contributed by atoms with Gasteiger partial charge in [-0.15, -0.1) is 0 Å². The predicted molar refractivity (Wildman–Crippen MR) is 55.9 cm³/mol. The lowest BCUT2D eigenvalue weighted by Crippen LogP contribution is -2.36. The first-order valence-electron chi connectivity index (χ1n) is 5.17. The Morgan fingerprint density at radius 3 is 2.92 bits per heavy atom. The highest BCUT2D eigenvalue weighted by molar-refractivity contribution is 7.99. The average molecular weight is 203 g/mol. The minimum Gasteiger partial charge on any atom is -0.313 e. The van der Waals surface area contributed by atoms with Crippen molar-refractivity contribution in [2.45, 2.75) is 25.4 Å². The molecule has 0 aromatic carbocycles. The van der Waals surface area contributed by atoms with E-state index in [-0.39, 0.29) is 5.92 Å².